The molecule has 0 fully saturated rings. The largest absolute Gasteiger partial charge is 0.495 e. The van der Waals surface area contributed by atoms with Crippen LogP contribution in [0.1, 0.15) is 13.8 Å². The van der Waals surface area contributed by atoms with Gasteiger partial charge in [0.2, 0.25) is 5.91 Å². The summed E-state index contributed by atoms with van der Waals surface area (Å²) in [6.07, 6.45) is -0.761. The molecular formula is C24H22N2O5. The normalized spacial score (nSPS) is 11.8. The lowest BCUT2D eigenvalue weighted by Crippen LogP contribution is -2.30. The number of methoxy groups -OCH3 is 1. The molecule has 0 aliphatic rings. The van der Waals surface area contributed by atoms with Gasteiger partial charge in [-0.1, -0.05) is 18.2 Å². The molecule has 7 heteroatoms. The molecule has 0 unspecified atom stereocenters. The van der Waals surface area contributed by atoms with E-state index >= 15 is 0 Å². The van der Waals surface area contributed by atoms with Crippen LogP contribution in [0, 0.1) is 0 Å². The molecule has 2 N–H and O–H groups in total. The van der Waals surface area contributed by atoms with Gasteiger partial charge in [-0.25, -0.2) is 0 Å². The second-order valence-corrected chi connectivity index (χ2v) is 7.10. The molecule has 4 rings (SSSR count). The maximum atomic E-state index is 12.7. The molecule has 0 spiro atoms. The number of furan rings is 1. The molecule has 0 saturated carbocycles. The number of nitrogens with one attached hydrogen (secondary N) is 2. The minimum Gasteiger partial charge on any atom is -0.495 e. The summed E-state index contributed by atoms with van der Waals surface area (Å²) in [5, 5.41) is 7.42. The third-order valence-corrected chi connectivity index (χ3v) is 4.81. The van der Waals surface area contributed by atoms with Gasteiger partial charge in [0.05, 0.1) is 12.8 Å². The van der Waals surface area contributed by atoms with Gasteiger partial charge in [0.1, 0.15) is 22.7 Å². The van der Waals surface area contributed by atoms with Gasteiger partial charge in [0, 0.05) is 29.4 Å². The highest BCUT2D eigenvalue weighted by Crippen LogP contribution is 2.36. The first kappa shape index (κ1) is 20.3. The van der Waals surface area contributed by atoms with Gasteiger partial charge in [-0.2, -0.15) is 0 Å². The number of amides is 2. The van der Waals surface area contributed by atoms with Gasteiger partial charge < -0.3 is 24.5 Å². The summed E-state index contributed by atoms with van der Waals surface area (Å²) in [6, 6.07) is 18.1. The van der Waals surface area contributed by atoms with Crippen LogP contribution in [0.3, 0.4) is 0 Å². The van der Waals surface area contributed by atoms with Crippen molar-refractivity contribution in [3.8, 4) is 11.5 Å². The maximum Gasteiger partial charge on any atom is 0.265 e. The molecule has 2 amide bonds. The number of ether oxygens (including phenoxy) is 2. The fourth-order valence-electron chi connectivity index (χ4n) is 3.33. The van der Waals surface area contributed by atoms with Crippen LogP contribution in [-0.4, -0.2) is 25.0 Å². The van der Waals surface area contributed by atoms with Crippen molar-refractivity contribution in [2.75, 3.05) is 17.7 Å². The summed E-state index contributed by atoms with van der Waals surface area (Å²) >= 11 is 0. The van der Waals surface area contributed by atoms with Gasteiger partial charge in [0.25, 0.3) is 5.91 Å². The first-order valence-electron chi connectivity index (χ1n) is 9.79. The summed E-state index contributed by atoms with van der Waals surface area (Å²) < 4.78 is 17.1. The molecule has 158 valence electrons. The summed E-state index contributed by atoms with van der Waals surface area (Å²) in [6.45, 7) is 3.09. The second-order valence-electron chi connectivity index (χ2n) is 7.10. The minimum atomic E-state index is -0.761. The number of benzene rings is 3. The lowest BCUT2D eigenvalue weighted by atomic mass is 10.1. The number of carbonyl (C=O) groups excluding carboxylic acids is 2. The van der Waals surface area contributed by atoms with Gasteiger partial charge in [-0.05, 0) is 43.3 Å². The first-order chi connectivity index (χ1) is 14.9. The van der Waals surface area contributed by atoms with Crippen molar-refractivity contribution >= 4 is 45.1 Å². The van der Waals surface area contributed by atoms with Crippen molar-refractivity contribution in [2.45, 2.75) is 20.0 Å². The Balaban J connectivity index is 1.51. The molecule has 1 heterocycles. The van der Waals surface area contributed by atoms with E-state index in [0.717, 1.165) is 16.4 Å². The molecule has 0 radical (unpaired) electrons. The molecule has 4 aromatic rings. The van der Waals surface area contributed by atoms with E-state index in [1.54, 1.807) is 44.4 Å². The van der Waals surface area contributed by atoms with Crippen LogP contribution < -0.4 is 20.1 Å². The molecule has 0 saturated heterocycles. The number of carbonyl (C=O) groups is 2. The highest BCUT2D eigenvalue weighted by atomic mass is 16.5. The van der Waals surface area contributed by atoms with Crippen molar-refractivity contribution in [1.82, 2.24) is 0 Å². The van der Waals surface area contributed by atoms with E-state index in [9.17, 15) is 9.59 Å². The van der Waals surface area contributed by atoms with E-state index in [2.05, 4.69) is 10.6 Å². The number of para-hydroxylation sites is 1. The molecule has 1 aromatic heterocycles. The molecule has 0 bridgehead atoms. The zero-order valence-electron chi connectivity index (χ0n) is 17.4. The Morgan fingerprint density at radius 1 is 0.935 bits per heavy atom. The number of hydrogen-bond donors (Lipinski definition) is 2. The van der Waals surface area contributed by atoms with Crippen LogP contribution in [0.25, 0.3) is 21.9 Å². The number of rotatable bonds is 6. The Morgan fingerprint density at radius 2 is 1.68 bits per heavy atom. The summed E-state index contributed by atoms with van der Waals surface area (Å²) in [7, 11) is 1.55. The second kappa shape index (κ2) is 8.39. The van der Waals surface area contributed by atoms with Crippen molar-refractivity contribution in [3.05, 3.63) is 60.7 Å². The average molecular weight is 418 g/mol. The third kappa shape index (κ3) is 4.30. The number of hydrogen-bond acceptors (Lipinski definition) is 5. The average Bonchev–Trinajstić information content (AvgIpc) is 3.11. The van der Waals surface area contributed by atoms with E-state index in [4.69, 9.17) is 13.9 Å². The highest BCUT2D eigenvalue weighted by molar-refractivity contribution is 6.08. The standard InChI is InChI=1S/C24H22N2O5/c1-14(30-17-10-8-16(9-11-17)25-15(2)27)24(28)26-20-13-22-19(12-23(20)29-3)18-6-4-5-7-21(18)31-22/h4-14H,1-3H3,(H,25,27)(H,26,28)/t14-/m0/s1. The Kier molecular flexibility index (Phi) is 5.49. The van der Waals surface area contributed by atoms with Crippen LogP contribution in [-0.2, 0) is 9.59 Å². The monoisotopic (exact) mass is 418 g/mol. The summed E-state index contributed by atoms with van der Waals surface area (Å²) in [5.74, 6) is 0.548. The predicted molar refractivity (Wildman–Crippen MR) is 120 cm³/mol. The number of anilines is 2. The third-order valence-electron chi connectivity index (χ3n) is 4.81. The fraction of sp³-hybridized carbons (Fsp3) is 0.167. The lowest BCUT2D eigenvalue weighted by molar-refractivity contribution is -0.122. The lowest BCUT2D eigenvalue weighted by Gasteiger charge is -2.16. The smallest absolute Gasteiger partial charge is 0.265 e. The highest BCUT2D eigenvalue weighted by Gasteiger charge is 2.19. The van der Waals surface area contributed by atoms with Crippen LogP contribution in [0.5, 0.6) is 11.5 Å². The molecule has 3 aromatic carbocycles. The summed E-state index contributed by atoms with van der Waals surface area (Å²) in [4.78, 5) is 23.8. The van der Waals surface area contributed by atoms with Gasteiger partial charge in [-0.3, -0.25) is 9.59 Å². The molecular weight excluding hydrogens is 396 g/mol. The Labute approximate surface area is 178 Å². The van der Waals surface area contributed by atoms with Crippen LogP contribution in [0.2, 0.25) is 0 Å². The zero-order valence-corrected chi connectivity index (χ0v) is 17.4. The Bertz CT molecular complexity index is 1260. The maximum absolute atomic E-state index is 12.7. The molecule has 7 nitrogen and oxygen atoms in total. The SMILES string of the molecule is COc1cc2c(cc1NC(=O)[C@H](C)Oc1ccc(NC(C)=O)cc1)oc1ccccc12. The predicted octanol–water partition coefficient (Wildman–Crippen LogP) is 4.96. The first-order valence-corrected chi connectivity index (χ1v) is 9.79. The van der Waals surface area contributed by atoms with E-state index < -0.39 is 6.10 Å². The molecule has 0 aliphatic heterocycles. The van der Waals surface area contributed by atoms with E-state index in [-0.39, 0.29) is 11.8 Å². The van der Waals surface area contributed by atoms with Crippen molar-refractivity contribution in [1.29, 1.82) is 0 Å². The fourth-order valence-corrected chi connectivity index (χ4v) is 3.33. The minimum absolute atomic E-state index is 0.156. The van der Waals surface area contributed by atoms with Crippen LogP contribution >= 0.6 is 0 Å². The van der Waals surface area contributed by atoms with Crippen molar-refractivity contribution < 1.29 is 23.5 Å². The van der Waals surface area contributed by atoms with Crippen LogP contribution in [0.15, 0.2) is 65.1 Å². The van der Waals surface area contributed by atoms with Crippen molar-refractivity contribution in [3.63, 3.8) is 0 Å². The Morgan fingerprint density at radius 3 is 2.39 bits per heavy atom. The van der Waals surface area contributed by atoms with Gasteiger partial charge >= 0.3 is 0 Å². The quantitative estimate of drug-likeness (QED) is 0.462. The van der Waals surface area contributed by atoms with E-state index in [0.29, 0.717) is 28.5 Å². The summed E-state index contributed by atoms with van der Waals surface area (Å²) in [5.41, 5.74) is 2.57. The van der Waals surface area contributed by atoms with E-state index in [1.807, 2.05) is 30.3 Å². The van der Waals surface area contributed by atoms with E-state index in [1.165, 1.54) is 6.92 Å². The Hall–Kier alpha value is -4.00. The zero-order chi connectivity index (χ0) is 22.0. The topological polar surface area (TPSA) is 89.8 Å². The molecule has 31 heavy (non-hydrogen) atoms. The number of fused-ring (bicyclic) bond motifs is 3. The van der Waals surface area contributed by atoms with Crippen LogP contribution in [0.4, 0.5) is 11.4 Å². The molecule has 1 atom stereocenters. The van der Waals surface area contributed by atoms with Gasteiger partial charge in [-0.15, -0.1) is 0 Å². The molecule has 0 aliphatic carbocycles. The van der Waals surface area contributed by atoms with Crippen molar-refractivity contribution in [2.24, 2.45) is 0 Å². The van der Waals surface area contributed by atoms with Gasteiger partial charge in [0.15, 0.2) is 6.10 Å².